The van der Waals surface area contributed by atoms with Crippen molar-refractivity contribution in [1.82, 2.24) is 0 Å². The highest BCUT2D eigenvalue weighted by atomic mass is 79.9. The van der Waals surface area contributed by atoms with Gasteiger partial charge < -0.3 is 9.47 Å². The third-order valence-electron chi connectivity index (χ3n) is 5.16. The Bertz CT molecular complexity index is 677. The van der Waals surface area contributed by atoms with Crippen LogP contribution in [0.1, 0.15) is 90.9 Å². The van der Waals surface area contributed by atoms with Crippen LogP contribution in [0.5, 0.6) is 0 Å². The molecule has 0 N–H and O–H groups in total. The topological polar surface area (TPSA) is 86.7 Å². The van der Waals surface area contributed by atoms with Gasteiger partial charge in [-0.1, -0.05) is 78.1 Å². The highest BCUT2D eigenvalue weighted by Gasteiger charge is 2.40. The van der Waals surface area contributed by atoms with Crippen LogP contribution >= 0.6 is 31.9 Å². The Morgan fingerprint density at radius 2 is 0.906 bits per heavy atom. The van der Waals surface area contributed by atoms with E-state index in [2.05, 4.69) is 45.7 Å². The molecule has 0 spiro atoms. The van der Waals surface area contributed by atoms with E-state index in [9.17, 15) is 19.2 Å². The minimum Gasteiger partial charge on any atom is -0.462 e. The second kappa shape index (κ2) is 16.4. The maximum absolute atomic E-state index is 12.7. The molecule has 0 amide bonds. The Balaban J connectivity index is 2.59. The number of rotatable bonds is 16. The van der Waals surface area contributed by atoms with E-state index in [0.29, 0.717) is 12.8 Å². The van der Waals surface area contributed by atoms with Crippen molar-refractivity contribution < 1.29 is 28.7 Å². The summed E-state index contributed by atoms with van der Waals surface area (Å²) in [6.45, 7) is 4.63. The molecule has 180 valence electrons. The molecule has 6 nitrogen and oxygen atoms in total. The van der Waals surface area contributed by atoms with Crippen molar-refractivity contribution in [3.8, 4) is 0 Å². The Kier molecular flexibility index (Phi) is 14.7. The number of unbranched alkanes of at least 4 members (excludes halogenated alkanes) is 10. The van der Waals surface area contributed by atoms with Crippen molar-refractivity contribution in [2.45, 2.75) is 90.9 Å². The maximum Gasteiger partial charge on any atom is 0.343 e. The van der Waals surface area contributed by atoms with Crippen LogP contribution in [0.4, 0.5) is 0 Å². The van der Waals surface area contributed by atoms with E-state index in [4.69, 9.17) is 9.47 Å². The fourth-order valence-corrected chi connectivity index (χ4v) is 4.33. The minimum absolute atomic E-state index is 0.171. The molecule has 0 bridgehead atoms. The molecule has 0 atom stereocenters. The number of carbonyl (C=O) groups is 4. The fraction of sp³-hybridized carbons (Fsp3) is 0.667. The van der Waals surface area contributed by atoms with E-state index in [1.807, 2.05) is 0 Å². The first-order valence-corrected chi connectivity index (χ1v) is 13.2. The summed E-state index contributed by atoms with van der Waals surface area (Å²) in [6.07, 6.45) is 12.3. The summed E-state index contributed by atoms with van der Waals surface area (Å²) in [5, 5.41) is 0. The highest BCUT2D eigenvalue weighted by molar-refractivity contribution is 9.12. The van der Waals surface area contributed by atoms with Gasteiger partial charge in [-0.15, -0.1) is 0 Å². The number of ketones is 2. The van der Waals surface area contributed by atoms with Gasteiger partial charge in [-0.2, -0.15) is 0 Å². The lowest BCUT2D eigenvalue weighted by molar-refractivity contribution is -0.143. The normalized spacial score (nSPS) is 14.2. The molecule has 0 aromatic carbocycles. The first kappa shape index (κ1) is 28.8. The van der Waals surface area contributed by atoms with Crippen LogP contribution in [0.3, 0.4) is 0 Å². The Morgan fingerprint density at radius 3 is 1.25 bits per heavy atom. The van der Waals surface area contributed by atoms with Gasteiger partial charge in [0.2, 0.25) is 11.6 Å². The molecule has 8 heteroatoms. The Labute approximate surface area is 207 Å². The van der Waals surface area contributed by atoms with Gasteiger partial charge in [-0.05, 0) is 44.7 Å². The third-order valence-corrected chi connectivity index (χ3v) is 6.68. The third kappa shape index (κ3) is 9.30. The summed E-state index contributed by atoms with van der Waals surface area (Å²) in [6, 6.07) is 0. The van der Waals surface area contributed by atoms with Crippen molar-refractivity contribution in [2.75, 3.05) is 13.2 Å². The van der Waals surface area contributed by atoms with Crippen LogP contribution in [0.15, 0.2) is 20.1 Å². The van der Waals surface area contributed by atoms with Gasteiger partial charge in [0.05, 0.1) is 22.2 Å². The lowest BCUT2D eigenvalue weighted by Crippen LogP contribution is -2.29. The lowest BCUT2D eigenvalue weighted by atomic mass is 9.97. The molecular formula is C24H34Br2O6. The van der Waals surface area contributed by atoms with Crippen LogP contribution in [-0.4, -0.2) is 36.7 Å². The second-order valence-corrected chi connectivity index (χ2v) is 9.43. The van der Waals surface area contributed by atoms with E-state index in [-0.39, 0.29) is 22.2 Å². The van der Waals surface area contributed by atoms with Gasteiger partial charge in [0.15, 0.2) is 0 Å². The standard InChI is InChI=1S/C24H34Br2O6/c1-3-5-7-9-11-13-15-31-23(29)17-19(25)22(28)18(20(26)21(17)27)24(30)32-16-14-12-10-8-6-4-2/h3-16H2,1-2H3. The molecule has 0 fully saturated rings. The molecule has 0 heterocycles. The van der Waals surface area contributed by atoms with Gasteiger partial charge in [0.1, 0.15) is 11.1 Å². The second-order valence-electron chi connectivity index (χ2n) is 7.84. The van der Waals surface area contributed by atoms with E-state index in [0.717, 1.165) is 51.4 Å². The predicted molar refractivity (Wildman–Crippen MR) is 131 cm³/mol. The van der Waals surface area contributed by atoms with Gasteiger partial charge >= 0.3 is 11.9 Å². The average Bonchev–Trinajstić information content (AvgIpc) is 2.77. The van der Waals surface area contributed by atoms with E-state index in [1.54, 1.807) is 0 Å². The summed E-state index contributed by atoms with van der Waals surface area (Å²) < 4.78 is 9.82. The van der Waals surface area contributed by atoms with E-state index >= 15 is 0 Å². The fourth-order valence-electron chi connectivity index (χ4n) is 3.25. The summed E-state index contributed by atoms with van der Waals surface area (Å²) in [7, 11) is 0. The first-order valence-electron chi connectivity index (χ1n) is 11.6. The number of hydrogen-bond donors (Lipinski definition) is 0. The monoisotopic (exact) mass is 576 g/mol. The maximum atomic E-state index is 12.7. The SMILES string of the molecule is CCCCCCCCOC(=O)C1=C(Br)C(=O)C(C(=O)OCCCCCCCC)=C(Br)C1=O. The van der Waals surface area contributed by atoms with Crippen molar-refractivity contribution >= 4 is 55.4 Å². The van der Waals surface area contributed by atoms with Crippen molar-refractivity contribution in [2.24, 2.45) is 0 Å². The molecule has 0 aromatic heterocycles. The molecule has 32 heavy (non-hydrogen) atoms. The molecule has 0 aliphatic heterocycles. The number of ether oxygens (including phenoxy) is 2. The van der Waals surface area contributed by atoms with Gasteiger partial charge in [0.25, 0.3) is 0 Å². The van der Waals surface area contributed by atoms with Crippen LogP contribution in [-0.2, 0) is 28.7 Å². The number of hydrogen-bond acceptors (Lipinski definition) is 6. The zero-order chi connectivity index (χ0) is 23.9. The van der Waals surface area contributed by atoms with E-state index in [1.165, 1.54) is 12.8 Å². The summed E-state index contributed by atoms with van der Waals surface area (Å²) >= 11 is 6.02. The molecule has 1 rings (SSSR count). The zero-order valence-electron chi connectivity index (χ0n) is 19.1. The molecule has 1 aliphatic carbocycles. The Hall–Kier alpha value is -1.28. The van der Waals surface area contributed by atoms with Gasteiger partial charge in [0, 0.05) is 0 Å². The van der Waals surface area contributed by atoms with Gasteiger partial charge in [-0.25, -0.2) is 9.59 Å². The lowest BCUT2D eigenvalue weighted by Gasteiger charge is -2.17. The minimum atomic E-state index is -0.875. The smallest absolute Gasteiger partial charge is 0.343 e. The predicted octanol–water partition coefficient (Wildman–Crippen LogP) is 6.24. The largest absolute Gasteiger partial charge is 0.462 e. The molecule has 0 radical (unpaired) electrons. The number of halogens is 2. The molecule has 1 aliphatic rings. The summed E-state index contributed by atoms with van der Waals surface area (Å²) in [5.41, 5.74) is -0.805. The number of carbonyl (C=O) groups excluding carboxylic acids is 4. The highest BCUT2D eigenvalue weighted by Crippen LogP contribution is 2.33. The number of Topliss-reactive ketones (excluding diaryl/α,β-unsaturated/α-hetero) is 2. The summed E-state index contributed by atoms with van der Waals surface area (Å²) in [5.74, 6) is -3.28. The Morgan fingerprint density at radius 1 is 0.594 bits per heavy atom. The zero-order valence-corrected chi connectivity index (χ0v) is 22.3. The summed E-state index contributed by atoms with van der Waals surface area (Å²) in [4.78, 5) is 50.1. The molecule has 0 saturated heterocycles. The van der Waals surface area contributed by atoms with Crippen molar-refractivity contribution in [3.63, 3.8) is 0 Å². The van der Waals surface area contributed by atoms with Crippen LogP contribution in [0.25, 0.3) is 0 Å². The van der Waals surface area contributed by atoms with Crippen molar-refractivity contribution in [1.29, 1.82) is 0 Å². The van der Waals surface area contributed by atoms with Crippen LogP contribution in [0, 0.1) is 0 Å². The van der Waals surface area contributed by atoms with Crippen LogP contribution < -0.4 is 0 Å². The first-order chi connectivity index (χ1) is 15.4. The quantitative estimate of drug-likeness (QED) is 0.0933. The van der Waals surface area contributed by atoms with E-state index < -0.39 is 34.7 Å². The molecule has 0 aromatic rings. The molecule has 0 unspecified atom stereocenters. The number of esters is 2. The van der Waals surface area contributed by atoms with Crippen molar-refractivity contribution in [3.05, 3.63) is 20.1 Å². The van der Waals surface area contributed by atoms with Gasteiger partial charge in [-0.3, -0.25) is 9.59 Å². The molecule has 0 saturated carbocycles. The van der Waals surface area contributed by atoms with Crippen LogP contribution in [0.2, 0.25) is 0 Å². The average molecular weight is 578 g/mol. The number of allylic oxidation sites excluding steroid dienone is 2. The molecular weight excluding hydrogens is 544 g/mol.